The molecule has 28 heavy (non-hydrogen) atoms. The molecular formula is C22H30O6. The van der Waals surface area contributed by atoms with Crippen molar-refractivity contribution in [3.05, 3.63) is 34.4 Å². The van der Waals surface area contributed by atoms with Crippen LogP contribution >= 0.6 is 0 Å². The summed E-state index contributed by atoms with van der Waals surface area (Å²) in [5.74, 6) is 0. The van der Waals surface area contributed by atoms with E-state index < -0.39 is 35.0 Å². The standard InChI is InChI=1S/C22H30O6/c1-19(2)20(3,4)26-17(25-19)15-9-14(12-24)16(10-13(15)11-23)18-27-21(5,6)22(7,8)28-18/h9-12,17-18H,1-8H3. The third-order valence-electron chi connectivity index (χ3n) is 6.56. The average Bonchev–Trinajstić information content (AvgIpc) is 2.93. The molecule has 1 aromatic carbocycles. The van der Waals surface area contributed by atoms with Gasteiger partial charge < -0.3 is 18.9 Å². The van der Waals surface area contributed by atoms with Crippen molar-refractivity contribution >= 4 is 12.6 Å². The largest absolute Gasteiger partial charge is 0.339 e. The van der Waals surface area contributed by atoms with Crippen molar-refractivity contribution in [3.8, 4) is 0 Å². The molecule has 0 N–H and O–H groups in total. The number of ether oxygens (including phenoxy) is 4. The lowest BCUT2D eigenvalue weighted by Crippen LogP contribution is -2.41. The van der Waals surface area contributed by atoms with Gasteiger partial charge in [-0.05, 0) is 67.5 Å². The van der Waals surface area contributed by atoms with Crippen molar-refractivity contribution in [2.75, 3.05) is 0 Å². The van der Waals surface area contributed by atoms with E-state index in [-0.39, 0.29) is 0 Å². The molecule has 3 rings (SSSR count). The maximum Gasteiger partial charge on any atom is 0.186 e. The molecule has 0 aromatic heterocycles. The van der Waals surface area contributed by atoms with E-state index in [1.165, 1.54) is 0 Å². The van der Waals surface area contributed by atoms with Crippen LogP contribution in [0.4, 0.5) is 0 Å². The minimum atomic E-state index is -0.740. The van der Waals surface area contributed by atoms with Gasteiger partial charge in [-0.3, -0.25) is 9.59 Å². The van der Waals surface area contributed by atoms with E-state index in [1.807, 2.05) is 55.4 Å². The molecule has 1 aromatic rings. The minimum absolute atomic E-state index is 0.383. The summed E-state index contributed by atoms with van der Waals surface area (Å²) >= 11 is 0. The average molecular weight is 390 g/mol. The second-order valence-corrected chi connectivity index (χ2v) is 9.52. The van der Waals surface area contributed by atoms with Crippen LogP contribution in [0.1, 0.15) is 99.8 Å². The predicted octanol–water partition coefficient (Wildman–Crippen LogP) is 4.52. The Balaban J connectivity index is 2.03. The molecule has 0 aliphatic carbocycles. The molecule has 2 aliphatic rings. The number of carbonyl (C=O) groups excluding carboxylic acids is 2. The summed E-state index contributed by atoms with van der Waals surface area (Å²) in [5.41, 5.74) is -0.394. The highest BCUT2D eigenvalue weighted by Gasteiger charge is 2.51. The second-order valence-electron chi connectivity index (χ2n) is 9.52. The smallest absolute Gasteiger partial charge is 0.186 e. The van der Waals surface area contributed by atoms with E-state index in [0.29, 0.717) is 22.3 Å². The summed E-state index contributed by atoms with van der Waals surface area (Å²) < 4.78 is 24.3. The van der Waals surface area contributed by atoms with Gasteiger partial charge >= 0.3 is 0 Å². The molecule has 2 aliphatic heterocycles. The monoisotopic (exact) mass is 390 g/mol. The number of hydrogen-bond acceptors (Lipinski definition) is 6. The SMILES string of the molecule is CC1(C)OC(c2cc(C=O)c(C3OC(C)(C)C(C)(C)O3)cc2C=O)OC1(C)C. The predicted molar refractivity (Wildman–Crippen MR) is 103 cm³/mol. The van der Waals surface area contributed by atoms with Crippen molar-refractivity contribution in [3.63, 3.8) is 0 Å². The van der Waals surface area contributed by atoms with E-state index in [1.54, 1.807) is 12.1 Å². The first kappa shape index (κ1) is 21.1. The number of carbonyl (C=O) groups is 2. The van der Waals surface area contributed by atoms with Crippen LogP contribution in [0.5, 0.6) is 0 Å². The van der Waals surface area contributed by atoms with E-state index >= 15 is 0 Å². The molecule has 2 fully saturated rings. The normalized spacial score (nSPS) is 25.7. The Labute approximate surface area is 166 Å². The Morgan fingerprint density at radius 1 is 0.607 bits per heavy atom. The molecule has 0 bridgehead atoms. The Hall–Kier alpha value is -1.60. The van der Waals surface area contributed by atoms with Crippen LogP contribution in [0.25, 0.3) is 0 Å². The highest BCUT2D eigenvalue weighted by atomic mass is 16.8. The zero-order valence-corrected chi connectivity index (χ0v) is 17.9. The lowest BCUT2D eigenvalue weighted by Gasteiger charge is -2.30. The highest BCUT2D eigenvalue weighted by molar-refractivity contribution is 5.84. The Kier molecular flexibility index (Phi) is 4.87. The molecular weight excluding hydrogens is 360 g/mol. The summed E-state index contributed by atoms with van der Waals surface area (Å²) in [6.45, 7) is 15.5. The van der Waals surface area contributed by atoms with Gasteiger partial charge in [0.05, 0.1) is 22.4 Å². The molecule has 6 nitrogen and oxygen atoms in total. The van der Waals surface area contributed by atoms with Crippen LogP contribution < -0.4 is 0 Å². The van der Waals surface area contributed by atoms with Gasteiger partial charge in [-0.25, -0.2) is 0 Å². The number of aldehydes is 2. The third kappa shape index (κ3) is 3.22. The Bertz CT molecular complexity index is 706. The Morgan fingerprint density at radius 2 is 0.857 bits per heavy atom. The first-order valence-corrected chi connectivity index (χ1v) is 9.54. The number of rotatable bonds is 4. The van der Waals surface area contributed by atoms with E-state index in [0.717, 1.165) is 12.6 Å². The topological polar surface area (TPSA) is 71.1 Å². The summed E-state index contributed by atoms with van der Waals surface area (Å²) in [7, 11) is 0. The molecule has 0 unspecified atom stereocenters. The third-order valence-corrected chi connectivity index (χ3v) is 6.56. The molecule has 0 atom stereocenters. The summed E-state index contributed by atoms with van der Waals surface area (Å²) in [6.07, 6.45) is 0.000378. The van der Waals surface area contributed by atoms with Crippen molar-refractivity contribution < 1.29 is 28.5 Å². The number of benzene rings is 1. The summed E-state index contributed by atoms with van der Waals surface area (Å²) in [6, 6.07) is 3.28. The zero-order valence-electron chi connectivity index (χ0n) is 17.9. The molecule has 2 saturated heterocycles. The Morgan fingerprint density at radius 3 is 1.07 bits per heavy atom. The molecule has 0 radical (unpaired) electrons. The van der Waals surface area contributed by atoms with E-state index in [9.17, 15) is 9.59 Å². The summed E-state index contributed by atoms with van der Waals surface area (Å²) in [5, 5.41) is 0. The molecule has 0 saturated carbocycles. The van der Waals surface area contributed by atoms with Crippen LogP contribution in [0.2, 0.25) is 0 Å². The van der Waals surface area contributed by atoms with Crippen LogP contribution in [0.3, 0.4) is 0 Å². The molecule has 0 amide bonds. The van der Waals surface area contributed by atoms with Gasteiger partial charge in [-0.1, -0.05) is 0 Å². The lowest BCUT2D eigenvalue weighted by molar-refractivity contribution is -0.0925. The first-order valence-electron chi connectivity index (χ1n) is 9.54. The van der Waals surface area contributed by atoms with Gasteiger partial charge in [-0.15, -0.1) is 0 Å². The zero-order chi connectivity index (χ0) is 21.1. The second kappa shape index (κ2) is 6.46. The maximum absolute atomic E-state index is 11.8. The van der Waals surface area contributed by atoms with Gasteiger partial charge in [0.15, 0.2) is 25.2 Å². The van der Waals surface area contributed by atoms with Gasteiger partial charge in [0.2, 0.25) is 0 Å². The van der Waals surface area contributed by atoms with E-state index in [2.05, 4.69) is 0 Å². The van der Waals surface area contributed by atoms with Crippen LogP contribution in [0, 0.1) is 0 Å². The van der Waals surface area contributed by atoms with Gasteiger partial charge in [0.1, 0.15) is 0 Å². The maximum atomic E-state index is 11.8. The fourth-order valence-electron chi connectivity index (χ4n) is 3.22. The van der Waals surface area contributed by atoms with Crippen molar-refractivity contribution in [1.29, 1.82) is 0 Å². The molecule has 6 heteroatoms. The van der Waals surface area contributed by atoms with Crippen molar-refractivity contribution in [2.24, 2.45) is 0 Å². The van der Waals surface area contributed by atoms with Crippen molar-refractivity contribution in [2.45, 2.75) is 90.4 Å². The van der Waals surface area contributed by atoms with Crippen LogP contribution in [-0.2, 0) is 18.9 Å². The minimum Gasteiger partial charge on any atom is -0.339 e. The van der Waals surface area contributed by atoms with Gasteiger partial charge in [0, 0.05) is 22.3 Å². The van der Waals surface area contributed by atoms with Crippen LogP contribution in [-0.4, -0.2) is 35.0 Å². The van der Waals surface area contributed by atoms with Gasteiger partial charge in [-0.2, -0.15) is 0 Å². The molecule has 154 valence electrons. The van der Waals surface area contributed by atoms with E-state index in [4.69, 9.17) is 18.9 Å². The molecule has 2 heterocycles. The lowest BCUT2D eigenvalue weighted by atomic mass is 9.90. The number of hydrogen-bond donors (Lipinski definition) is 0. The fraction of sp³-hybridized carbons (Fsp3) is 0.636. The van der Waals surface area contributed by atoms with Crippen molar-refractivity contribution in [1.82, 2.24) is 0 Å². The highest BCUT2D eigenvalue weighted by Crippen LogP contribution is 2.48. The first-order chi connectivity index (χ1) is 12.7. The van der Waals surface area contributed by atoms with Gasteiger partial charge in [0.25, 0.3) is 0 Å². The summed E-state index contributed by atoms with van der Waals surface area (Å²) in [4.78, 5) is 23.7. The quantitative estimate of drug-likeness (QED) is 0.704. The van der Waals surface area contributed by atoms with Crippen LogP contribution in [0.15, 0.2) is 12.1 Å². The fourth-order valence-corrected chi connectivity index (χ4v) is 3.22. The molecule has 0 spiro atoms.